The minimum absolute atomic E-state index is 0.141. The van der Waals surface area contributed by atoms with Gasteiger partial charge in [0.2, 0.25) is 5.82 Å². The number of nitrogens with zero attached hydrogens (tertiary/aromatic N) is 2. The number of likely N-dealkylation sites (tertiary alicyclic amines) is 1. The van der Waals surface area contributed by atoms with Crippen molar-refractivity contribution in [2.45, 2.75) is 45.3 Å². The van der Waals surface area contributed by atoms with Gasteiger partial charge in [-0.3, -0.25) is 9.78 Å². The highest BCUT2D eigenvalue weighted by molar-refractivity contribution is 6.06. The average molecular weight is 556 g/mol. The molecule has 1 saturated heterocycles. The van der Waals surface area contributed by atoms with Crippen molar-refractivity contribution in [3.05, 3.63) is 53.5 Å². The SMILES string of the molecule is COc1c(Nc2c(-c3ccncc3OC[C@H]3CCN3C(=O)OC(C)(C)C)[nH]c3c2C(=O)NCC3)ccc(F)c1F. The molecule has 212 valence electrons. The van der Waals surface area contributed by atoms with Crippen LogP contribution in [0.1, 0.15) is 43.2 Å². The molecule has 0 spiro atoms. The second-order valence-electron chi connectivity index (χ2n) is 10.6. The largest absolute Gasteiger partial charge is 0.491 e. The van der Waals surface area contributed by atoms with Crippen LogP contribution < -0.4 is 20.1 Å². The van der Waals surface area contributed by atoms with Crippen LogP contribution in [0.3, 0.4) is 0 Å². The number of carbonyl (C=O) groups is 2. The zero-order chi connectivity index (χ0) is 28.6. The summed E-state index contributed by atoms with van der Waals surface area (Å²) in [5.74, 6) is -2.43. The number of fused-ring (bicyclic) bond motifs is 1. The minimum Gasteiger partial charge on any atom is -0.491 e. The Morgan fingerprint density at radius 2 is 2.05 bits per heavy atom. The summed E-state index contributed by atoms with van der Waals surface area (Å²) in [4.78, 5) is 34.6. The van der Waals surface area contributed by atoms with Crippen LogP contribution in [0.15, 0.2) is 30.6 Å². The summed E-state index contributed by atoms with van der Waals surface area (Å²) in [6.07, 6.45) is 4.04. The van der Waals surface area contributed by atoms with E-state index < -0.39 is 23.3 Å². The summed E-state index contributed by atoms with van der Waals surface area (Å²) in [5.41, 5.74) is 2.01. The molecule has 1 fully saturated rings. The molecule has 10 nitrogen and oxygen atoms in total. The molecule has 1 aromatic carbocycles. The zero-order valence-electron chi connectivity index (χ0n) is 22.7. The molecule has 3 N–H and O–H groups in total. The van der Waals surface area contributed by atoms with Gasteiger partial charge in [-0.1, -0.05) is 0 Å². The number of ether oxygens (including phenoxy) is 3. The Bertz CT molecular complexity index is 1450. The standard InChI is InChI=1S/C28H31F2N5O5/c1-28(2,3)40-27(37)35-12-9-15(35)14-39-20-13-31-10-7-16(20)23-24(21-18(33-23)8-11-32-26(21)36)34-19-6-5-17(29)22(30)25(19)38-4/h5-7,10,13,15,33-34H,8-9,11-12,14H2,1-4H3,(H,32,36)/t15-/m1/s1. The fraction of sp³-hybridized carbons (Fsp3) is 0.393. The van der Waals surface area contributed by atoms with E-state index in [1.807, 2.05) is 20.8 Å². The van der Waals surface area contributed by atoms with Crippen molar-refractivity contribution in [2.24, 2.45) is 0 Å². The van der Waals surface area contributed by atoms with E-state index in [9.17, 15) is 18.4 Å². The molecule has 40 heavy (non-hydrogen) atoms. The Labute approximate surface area is 230 Å². The van der Waals surface area contributed by atoms with Gasteiger partial charge in [0.25, 0.3) is 5.91 Å². The first-order valence-electron chi connectivity index (χ1n) is 13.0. The number of rotatable bonds is 7. The first-order chi connectivity index (χ1) is 19.1. The van der Waals surface area contributed by atoms with Crippen molar-refractivity contribution in [3.63, 3.8) is 0 Å². The van der Waals surface area contributed by atoms with E-state index >= 15 is 0 Å². The van der Waals surface area contributed by atoms with Crippen LogP contribution in [0, 0.1) is 11.6 Å². The number of hydrogen-bond donors (Lipinski definition) is 3. The molecule has 5 rings (SSSR count). The van der Waals surface area contributed by atoms with E-state index in [0.29, 0.717) is 53.5 Å². The highest BCUT2D eigenvalue weighted by atomic mass is 19.2. The molecular formula is C28H31F2N5O5. The summed E-state index contributed by atoms with van der Waals surface area (Å²) < 4.78 is 45.2. The molecule has 0 bridgehead atoms. The van der Waals surface area contributed by atoms with Crippen molar-refractivity contribution in [1.82, 2.24) is 20.2 Å². The normalized spacial score (nSPS) is 16.5. The third-order valence-corrected chi connectivity index (χ3v) is 6.74. The minimum atomic E-state index is -1.15. The fourth-order valence-corrected chi connectivity index (χ4v) is 4.73. The maximum Gasteiger partial charge on any atom is 0.410 e. The molecule has 1 atom stereocenters. The number of amides is 2. The topological polar surface area (TPSA) is 118 Å². The molecule has 2 aliphatic heterocycles. The summed E-state index contributed by atoms with van der Waals surface area (Å²) >= 11 is 0. The molecule has 0 radical (unpaired) electrons. The molecule has 2 aromatic heterocycles. The van der Waals surface area contributed by atoms with Gasteiger partial charge < -0.3 is 34.7 Å². The number of carbonyl (C=O) groups excluding carboxylic acids is 2. The first kappa shape index (κ1) is 27.2. The van der Waals surface area contributed by atoms with Gasteiger partial charge in [-0.05, 0) is 45.4 Å². The van der Waals surface area contributed by atoms with Crippen LogP contribution in [0.4, 0.5) is 25.0 Å². The van der Waals surface area contributed by atoms with Crippen LogP contribution in [0.25, 0.3) is 11.3 Å². The predicted molar refractivity (Wildman–Crippen MR) is 143 cm³/mol. The lowest BCUT2D eigenvalue weighted by molar-refractivity contribution is -0.0141. The number of aromatic amines is 1. The van der Waals surface area contributed by atoms with Crippen LogP contribution in [0.5, 0.6) is 11.5 Å². The van der Waals surface area contributed by atoms with Gasteiger partial charge in [-0.25, -0.2) is 9.18 Å². The molecule has 3 aromatic rings. The van der Waals surface area contributed by atoms with Crippen molar-refractivity contribution in [3.8, 4) is 22.8 Å². The number of hydrogen-bond acceptors (Lipinski definition) is 7. The average Bonchev–Trinajstić information content (AvgIpc) is 3.24. The van der Waals surface area contributed by atoms with Crippen LogP contribution in [0.2, 0.25) is 0 Å². The molecule has 2 aliphatic rings. The molecule has 0 aliphatic carbocycles. The number of aromatic nitrogens is 2. The lowest BCUT2D eigenvalue weighted by atomic mass is 10.0. The molecule has 4 heterocycles. The Kier molecular flexibility index (Phi) is 7.26. The monoisotopic (exact) mass is 555 g/mol. The molecule has 0 unspecified atom stereocenters. The van der Waals surface area contributed by atoms with Gasteiger partial charge in [0.05, 0.1) is 42.0 Å². The van der Waals surface area contributed by atoms with Gasteiger partial charge >= 0.3 is 6.09 Å². The predicted octanol–water partition coefficient (Wildman–Crippen LogP) is 4.78. The maximum atomic E-state index is 14.5. The van der Waals surface area contributed by atoms with E-state index in [0.717, 1.165) is 12.5 Å². The van der Waals surface area contributed by atoms with Gasteiger partial charge in [0.15, 0.2) is 11.6 Å². The van der Waals surface area contributed by atoms with E-state index in [4.69, 9.17) is 14.2 Å². The number of halogens is 2. The molecule has 0 saturated carbocycles. The number of anilines is 2. The number of H-pyrrole nitrogens is 1. The second-order valence-corrected chi connectivity index (χ2v) is 10.6. The van der Waals surface area contributed by atoms with Gasteiger partial charge in [-0.2, -0.15) is 4.39 Å². The summed E-state index contributed by atoms with van der Waals surface area (Å²) in [7, 11) is 1.24. The molecule has 2 amide bonds. The Hall–Kier alpha value is -4.35. The van der Waals surface area contributed by atoms with Gasteiger partial charge in [-0.15, -0.1) is 0 Å². The molecular weight excluding hydrogens is 524 g/mol. The lowest BCUT2D eigenvalue weighted by Gasteiger charge is -2.41. The maximum absolute atomic E-state index is 14.5. The van der Waals surface area contributed by atoms with Crippen LogP contribution in [-0.4, -0.2) is 65.3 Å². The Balaban J connectivity index is 1.47. The Morgan fingerprint density at radius 1 is 1.25 bits per heavy atom. The number of pyridine rings is 1. The second kappa shape index (κ2) is 10.7. The summed E-state index contributed by atoms with van der Waals surface area (Å²) in [5, 5.41) is 5.91. The summed E-state index contributed by atoms with van der Waals surface area (Å²) in [6.45, 7) is 6.67. The summed E-state index contributed by atoms with van der Waals surface area (Å²) in [6, 6.07) is 3.88. The third-order valence-electron chi connectivity index (χ3n) is 6.74. The highest BCUT2D eigenvalue weighted by Gasteiger charge is 2.36. The number of benzene rings is 1. The van der Waals surface area contributed by atoms with Crippen molar-refractivity contribution < 1.29 is 32.6 Å². The van der Waals surface area contributed by atoms with Crippen molar-refractivity contribution in [1.29, 1.82) is 0 Å². The zero-order valence-corrected chi connectivity index (χ0v) is 22.7. The smallest absolute Gasteiger partial charge is 0.410 e. The Morgan fingerprint density at radius 3 is 2.75 bits per heavy atom. The van der Waals surface area contributed by atoms with Crippen molar-refractivity contribution in [2.75, 3.05) is 32.1 Å². The number of nitrogens with one attached hydrogen (secondary N) is 3. The quantitative estimate of drug-likeness (QED) is 0.384. The van der Waals surface area contributed by atoms with Crippen LogP contribution >= 0.6 is 0 Å². The fourth-order valence-electron chi connectivity index (χ4n) is 4.73. The first-order valence-corrected chi connectivity index (χ1v) is 13.0. The van der Waals surface area contributed by atoms with E-state index in [1.54, 1.807) is 23.4 Å². The highest BCUT2D eigenvalue weighted by Crippen LogP contribution is 2.42. The van der Waals surface area contributed by atoms with E-state index in [2.05, 4.69) is 20.6 Å². The van der Waals surface area contributed by atoms with Crippen LogP contribution in [-0.2, 0) is 11.2 Å². The van der Waals surface area contributed by atoms with Gasteiger partial charge in [0, 0.05) is 37.0 Å². The van der Waals surface area contributed by atoms with Crippen molar-refractivity contribution >= 4 is 23.4 Å². The van der Waals surface area contributed by atoms with E-state index in [1.165, 1.54) is 13.2 Å². The van der Waals surface area contributed by atoms with E-state index in [-0.39, 0.29) is 30.0 Å². The third kappa shape index (κ3) is 5.25. The molecule has 12 heteroatoms. The lowest BCUT2D eigenvalue weighted by Crippen LogP contribution is -2.55. The van der Waals surface area contributed by atoms with Gasteiger partial charge in [0.1, 0.15) is 18.0 Å². The number of methoxy groups -OCH3 is 1.